The summed E-state index contributed by atoms with van der Waals surface area (Å²) in [5.41, 5.74) is 3.79. The average Bonchev–Trinajstić information content (AvgIpc) is 3.11. The number of nitrogens with one attached hydrogen (secondary N) is 2. The van der Waals surface area contributed by atoms with Gasteiger partial charge in [-0.3, -0.25) is 0 Å². The summed E-state index contributed by atoms with van der Waals surface area (Å²) < 4.78 is 38.6. The van der Waals surface area contributed by atoms with Crippen LogP contribution < -0.4 is 5.32 Å². The minimum atomic E-state index is -4.41. The Morgan fingerprint density at radius 3 is 2.70 bits per heavy atom. The van der Waals surface area contributed by atoms with E-state index in [-0.39, 0.29) is 11.6 Å². The Morgan fingerprint density at radius 1 is 1.04 bits per heavy atom. The van der Waals surface area contributed by atoms with Gasteiger partial charge < -0.3 is 10.3 Å². The molecule has 0 unspecified atom stereocenters. The third-order valence-electron chi connectivity index (χ3n) is 4.22. The summed E-state index contributed by atoms with van der Waals surface area (Å²) in [4.78, 5) is 15.9. The number of aromatic amines is 1. The highest BCUT2D eigenvalue weighted by Gasteiger charge is 2.30. The van der Waals surface area contributed by atoms with Gasteiger partial charge in [0.15, 0.2) is 0 Å². The summed E-state index contributed by atoms with van der Waals surface area (Å²) in [5, 5.41) is 2.83. The number of H-pyrrole nitrogens is 1. The first-order valence-electron chi connectivity index (χ1n) is 8.12. The van der Waals surface area contributed by atoms with Crippen molar-refractivity contribution in [2.45, 2.75) is 13.1 Å². The van der Waals surface area contributed by atoms with Crippen molar-refractivity contribution in [1.29, 1.82) is 0 Å². The SMILES string of the molecule is Cc1c(-c2ccnc(Nc3cccc(C(F)(F)F)c3)n2)ccc2[nH]cnc12. The van der Waals surface area contributed by atoms with Gasteiger partial charge in [-0.15, -0.1) is 0 Å². The molecule has 0 saturated heterocycles. The van der Waals surface area contributed by atoms with Crippen molar-refractivity contribution in [3.8, 4) is 11.3 Å². The molecule has 4 aromatic rings. The average molecular weight is 369 g/mol. The molecule has 0 amide bonds. The number of nitrogens with zero attached hydrogens (tertiary/aromatic N) is 3. The van der Waals surface area contributed by atoms with E-state index in [0.717, 1.165) is 34.3 Å². The summed E-state index contributed by atoms with van der Waals surface area (Å²) >= 11 is 0. The Balaban J connectivity index is 1.68. The highest BCUT2D eigenvalue weighted by atomic mass is 19.4. The first-order valence-corrected chi connectivity index (χ1v) is 8.12. The fourth-order valence-electron chi connectivity index (χ4n) is 2.90. The van der Waals surface area contributed by atoms with E-state index in [1.807, 2.05) is 19.1 Å². The van der Waals surface area contributed by atoms with E-state index in [1.165, 1.54) is 12.1 Å². The Labute approximate surface area is 152 Å². The van der Waals surface area contributed by atoms with Crippen molar-refractivity contribution in [2.75, 3.05) is 5.32 Å². The lowest BCUT2D eigenvalue weighted by Crippen LogP contribution is -2.05. The molecule has 0 aliphatic rings. The van der Waals surface area contributed by atoms with E-state index < -0.39 is 11.7 Å². The van der Waals surface area contributed by atoms with E-state index in [9.17, 15) is 13.2 Å². The quantitative estimate of drug-likeness (QED) is 0.528. The van der Waals surface area contributed by atoms with E-state index in [0.29, 0.717) is 5.69 Å². The third-order valence-corrected chi connectivity index (χ3v) is 4.22. The Kier molecular flexibility index (Phi) is 4.02. The van der Waals surface area contributed by atoms with Crippen LogP contribution in [0.3, 0.4) is 0 Å². The lowest BCUT2D eigenvalue weighted by Gasteiger charge is -2.11. The highest BCUT2D eigenvalue weighted by Crippen LogP contribution is 2.31. The van der Waals surface area contributed by atoms with E-state index in [1.54, 1.807) is 18.6 Å². The molecule has 2 aromatic carbocycles. The minimum Gasteiger partial charge on any atom is -0.345 e. The molecule has 27 heavy (non-hydrogen) atoms. The van der Waals surface area contributed by atoms with Crippen LogP contribution in [0.1, 0.15) is 11.1 Å². The van der Waals surface area contributed by atoms with Gasteiger partial charge in [0.05, 0.1) is 28.6 Å². The van der Waals surface area contributed by atoms with E-state index >= 15 is 0 Å². The number of benzene rings is 2. The fourth-order valence-corrected chi connectivity index (χ4v) is 2.90. The van der Waals surface area contributed by atoms with Gasteiger partial charge in [-0.2, -0.15) is 13.2 Å². The van der Waals surface area contributed by atoms with Crippen molar-refractivity contribution in [1.82, 2.24) is 19.9 Å². The van der Waals surface area contributed by atoms with Crippen molar-refractivity contribution < 1.29 is 13.2 Å². The Bertz CT molecular complexity index is 1120. The van der Waals surface area contributed by atoms with Crippen LogP contribution in [0.15, 0.2) is 55.0 Å². The number of hydrogen-bond acceptors (Lipinski definition) is 4. The van der Waals surface area contributed by atoms with Gasteiger partial charge in [0.2, 0.25) is 5.95 Å². The van der Waals surface area contributed by atoms with Gasteiger partial charge in [-0.05, 0) is 42.8 Å². The van der Waals surface area contributed by atoms with Gasteiger partial charge in [0.1, 0.15) is 0 Å². The third kappa shape index (κ3) is 3.33. The molecule has 0 spiro atoms. The number of anilines is 2. The van der Waals surface area contributed by atoms with Gasteiger partial charge in [-0.25, -0.2) is 15.0 Å². The number of hydrogen-bond donors (Lipinski definition) is 2. The monoisotopic (exact) mass is 369 g/mol. The predicted molar refractivity (Wildman–Crippen MR) is 96.6 cm³/mol. The molecule has 0 bridgehead atoms. The summed E-state index contributed by atoms with van der Waals surface area (Å²) in [6, 6.07) is 10.5. The standard InChI is InChI=1S/C19H14F3N5/c1-11-14(5-6-16-17(11)25-10-24-16)15-7-8-23-18(27-15)26-13-4-2-3-12(9-13)19(20,21)22/h2-10H,1H3,(H,24,25)(H,23,26,27). The number of rotatable bonds is 3. The van der Waals surface area contributed by atoms with E-state index in [2.05, 4.69) is 25.3 Å². The lowest BCUT2D eigenvalue weighted by molar-refractivity contribution is -0.137. The van der Waals surface area contributed by atoms with Crippen LogP contribution in [0, 0.1) is 6.92 Å². The first-order chi connectivity index (χ1) is 12.9. The smallest absolute Gasteiger partial charge is 0.345 e. The second kappa shape index (κ2) is 6.39. The van der Waals surface area contributed by atoms with Crippen LogP contribution in [0.25, 0.3) is 22.3 Å². The maximum Gasteiger partial charge on any atom is 0.416 e. The fraction of sp³-hybridized carbons (Fsp3) is 0.105. The summed E-state index contributed by atoms with van der Waals surface area (Å²) in [5.74, 6) is 0.216. The number of imidazole rings is 1. The molecule has 0 radical (unpaired) electrons. The van der Waals surface area contributed by atoms with Crippen LogP contribution in [0.4, 0.5) is 24.8 Å². The second-order valence-electron chi connectivity index (χ2n) is 6.01. The van der Waals surface area contributed by atoms with Gasteiger partial charge in [-0.1, -0.05) is 12.1 Å². The zero-order valence-corrected chi connectivity index (χ0v) is 14.2. The zero-order valence-electron chi connectivity index (χ0n) is 14.2. The topological polar surface area (TPSA) is 66.5 Å². The molecule has 5 nitrogen and oxygen atoms in total. The van der Waals surface area contributed by atoms with E-state index in [4.69, 9.17) is 0 Å². The zero-order chi connectivity index (χ0) is 19.0. The molecule has 8 heteroatoms. The molecule has 2 aromatic heterocycles. The molecule has 2 N–H and O–H groups in total. The number of halogens is 3. The molecule has 0 fully saturated rings. The Morgan fingerprint density at radius 2 is 1.89 bits per heavy atom. The van der Waals surface area contributed by atoms with Crippen molar-refractivity contribution in [3.63, 3.8) is 0 Å². The van der Waals surface area contributed by atoms with Crippen LogP contribution in [-0.2, 0) is 6.18 Å². The molecule has 2 heterocycles. The minimum absolute atomic E-state index is 0.216. The normalized spacial score (nSPS) is 11.7. The largest absolute Gasteiger partial charge is 0.416 e. The van der Waals surface area contributed by atoms with Crippen molar-refractivity contribution in [2.24, 2.45) is 0 Å². The molecule has 0 atom stereocenters. The van der Waals surface area contributed by atoms with Crippen LogP contribution in [0.5, 0.6) is 0 Å². The van der Waals surface area contributed by atoms with Crippen LogP contribution in [0.2, 0.25) is 0 Å². The maximum absolute atomic E-state index is 12.9. The molecular formula is C19H14F3N5. The number of fused-ring (bicyclic) bond motifs is 1. The summed E-state index contributed by atoms with van der Waals surface area (Å²) in [6.07, 6.45) is -1.22. The molecule has 136 valence electrons. The number of aromatic nitrogens is 4. The number of alkyl halides is 3. The molecule has 0 aliphatic carbocycles. The molecule has 4 rings (SSSR count). The van der Waals surface area contributed by atoms with Crippen LogP contribution >= 0.6 is 0 Å². The van der Waals surface area contributed by atoms with Gasteiger partial charge in [0, 0.05) is 17.4 Å². The second-order valence-corrected chi connectivity index (χ2v) is 6.01. The van der Waals surface area contributed by atoms with Gasteiger partial charge >= 0.3 is 6.18 Å². The highest BCUT2D eigenvalue weighted by molar-refractivity contribution is 5.85. The maximum atomic E-state index is 12.9. The Hall–Kier alpha value is -3.42. The van der Waals surface area contributed by atoms with Crippen molar-refractivity contribution in [3.05, 3.63) is 66.1 Å². The number of aryl methyl sites for hydroxylation is 1. The molecule has 0 saturated carbocycles. The molecule has 0 aliphatic heterocycles. The lowest BCUT2D eigenvalue weighted by atomic mass is 10.0. The van der Waals surface area contributed by atoms with Crippen LogP contribution in [-0.4, -0.2) is 19.9 Å². The van der Waals surface area contributed by atoms with Crippen molar-refractivity contribution >= 4 is 22.7 Å². The van der Waals surface area contributed by atoms with Gasteiger partial charge in [0.25, 0.3) is 0 Å². The predicted octanol–water partition coefficient (Wildman–Crippen LogP) is 5.09. The summed E-state index contributed by atoms with van der Waals surface area (Å²) in [6.45, 7) is 1.94. The first kappa shape index (κ1) is 17.0. The molecular weight excluding hydrogens is 355 g/mol. The summed E-state index contributed by atoms with van der Waals surface area (Å²) in [7, 11) is 0.